The minimum atomic E-state index is -1.22. The molecule has 184 valence electrons. The summed E-state index contributed by atoms with van der Waals surface area (Å²) in [5, 5.41) is 17.2. The summed E-state index contributed by atoms with van der Waals surface area (Å²) in [6, 6.07) is 4.29. The number of hydrogen-bond donors (Lipinski definition) is 3. The molecule has 8 nitrogen and oxygen atoms in total. The summed E-state index contributed by atoms with van der Waals surface area (Å²) in [4.78, 5) is 39.1. The number of nitrogens with zero attached hydrogens (tertiary/aromatic N) is 1. The highest BCUT2D eigenvalue weighted by Crippen LogP contribution is 2.25. The van der Waals surface area contributed by atoms with Gasteiger partial charge in [0.1, 0.15) is 11.6 Å². The molecule has 1 aliphatic heterocycles. The fraction of sp³-hybridized carbons (Fsp3) is 0.609. The number of rotatable bonds is 7. The molecule has 0 saturated carbocycles. The van der Waals surface area contributed by atoms with Gasteiger partial charge in [-0.25, -0.2) is 4.79 Å². The fourth-order valence-electron chi connectivity index (χ4n) is 3.50. The van der Waals surface area contributed by atoms with E-state index in [1.165, 1.54) is 11.9 Å². The number of amides is 3. The predicted octanol–water partition coefficient (Wildman–Crippen LogP) is 3.16. The third-order valence-corrected chi connectivity index (χ3v) is 6.00. The maximum Gasteiger partial charge on any atom is 0.410 e. The van der Waals surface area contributed by atoms with Gasteiger partial charge in [-0.05, 0) is 64.2 Å². The van der Waals surface area contributed by atoms with Crippen LogP contribution in [-0.4, -0.2) is 65.8 Å². The maximum atomic E-state index is 13.2. The van der Waals surface area contributed by atoms with Crippen LogP contribution in [0.4, 0.5) is 4.79 Å². The highest BCUT2D eigenvalue weighted by atomic mass is 35.5. The Morgan fingerprint density at radius 3 is 2.61 bits per heavy atom. The number of likely N-dealkylation sites (N-methyl/N-ethyl adjacent to an activating group) is 1. The molecule has 1 aliphatic rings. The molecule has 1 aromatic carbocycles. The van der Waals surface area contributed by atoms with E-state index in [1.807, 2.05) is 0 Å². The normalized spacial score (nSPS) is 18.5. The number of aliphatic hydroxyl groups excluding tert-OH is 1. The van der Waals surface area contributed by atoms with Crippen molar-refractivity contribution in [2.45, 2.75) is 64.2 Å². The van der Waals surface area contributed by atoms with Gasteiger partial charge in [-0.3, -0.25) is 9.59 Å². The van der Waals surface area contributed by atoms with Gasteiger partial charge < -0.3 is 25.4 Å². The molecule has 0 spiro atoms. The first-order valence-electron chi connectivity index (χ1n) is 11.0. The molecule has 0 bridgehead atoms. The number of carbonyl (C=O) groups is 3. The Morgan fingerprint density at radius 1 is 1.27 bits per heavy atom. The van der Waals surface area contributed by atoms with Crippen LogP contribution < -0.4 is 10.6 Å². The van der Waals surface area contributed by atoms with Crippen LogP contribution >= 0.6 is 23.2 Å². The number of hydrogen-bond acceptors (Lipinski definition) is 5. The van der Waals surface area contributed by atoms with E-state index in [2.05, 4.69) is 10.6 Å². The van der Waals surface area contributed by atoms with Crippen LogP contribution in [0.25, 0.3) is 0 Å². The van der Waals surface area contributed by atoms with Gasteiger partial charge in [0.25, 0.3) is 0 Å². The topological polar surface area (TPSA) is 108 Å². The van der Waals surface area contributed by atoms with Crippen molar-refractivity contribution in [2.75, 3.05) is 20.1 Å². The predicted molar refractivity (Wildman–Crippen MR) is 127 cm³/mol. The monoisotopic (exact) mass is 501 g/mol. The lowest BCUT2D eigenvalue weighted by Gasteiger charge is -2.29. The number of aliphatic hydroxyl groups is 1. The van der Waals surface area contributed by atoms with Crippen LogP contribution in [-0.2, 0) is 20.7 Å². The minimum absolute atomic E-state index is 0.134. The molecule has 1 aromatic rings. The number of ether oxygens (including phenoxy) is 1. The van der Waals surface area contributed by atoms with Crippen LogP contribution in [0.2, 0.25) is 10.0 Å². The van der Waals surface area contributed by atoms with Crippen molar-refractivity contribution >= 4 is 41.1 Å². The van der Waals surface area contributed by atoms with Crippen LogP contribution in [0.15, 0.2) is 18.2 Å². The lowest BCUT2D eigenvalue weighted by molar-refractivity contribution is -0.133. The van der Waals surface area contributed by atoms with Crippen LogP contribution in [0.1, 0.15) is 45.6 Å². The molecule has 0 radical (unpaired) electrons. The highest BCUT2D eigenvalue weighted by molar-refractivity contribution is 6.42. The molecule has 3 N–H and O–H groups in total. The summed E-state index contributed by atoms with van der Waals surface area (Å²) >= 11 is 12.1. The number of benzene rings is 1. The van der Waals surface area contributed by atoms with Crippen molar-refractivity contribution in [1.82, 2.24) is 15.5 Å². The summed E-state index contributed by atoms with van der Waals surface area (Å²) in [7, 11) is 1.49. The SMILES string of the molecule is CN(C[C@@H](O)C(Cc1ccc(Cl)c(Cl)c1)C(=O)N[C@@H]1CCCCNC1=O)C(=O)OC(C)(C)C. The van der Waals surface area contributed by atoms with Gasteiger partial charge in [0.2, 0.25) is 11.8 Å². The van der Waals surface area contributed by atoms with Crippen molar-refractivity contribution in [3.8, 4) is 0 Å². The largest absolute Gasteiger partial charge is 0.444 e. The first-order chi connectivity index (χ1) is 15.4. The van der Waals surface area contributed by atoms with Gasteiger partial charge in [-0.1, -0.05) is 29.3 Å². The van der Waals surface area contributed by atoms with Crippen molar-refractivity contribution < 1.29 is 24.2 Å². The molecule has 1 heterocycles. The zero-order valence-electron chi connectivity index (χ0n) is 19.5. The maximum absolute atomic E-state index is 13.2. The summed E-state index contributed by atoms with van der Waals surface area (Å²) < 4.78 is 5.33. The summed E-state index contributed by atoms with van der Waals surface area (Å²) in [6.45, 7) is 5.67. The Hall–Kier alpha value is -2.03. The smallest absolute Gasteiger partial charge is 0.410 e. The van der Waals surface area contributed by atoms with E-state index in [0.29, 0.717) is 28.6 Å². The summed E-state index contributed by atoms with van der Waals surface area (Å²) in [6.07, 6.45) is 0.467. The van der Waals surface area contributed by atoms with Crippen molar-refractivity contribution in [2.24, 2.45) is 5.92 Å². The Bertz CT molecular complexity index is 859. The Labute approximate surface area is 204 Å². The molecule has 2 rings (SSSR count). The van der Waals surface area contributed by atoms with Crippen LogP contribution in [0, 0.1) is 5.92 Å². The molecular weight excluding hydrogens is 469 g/mol. The Balaban J connectivity index is 2.19. The first kappa shape index (κ1) is 27.2. The van der Waals surface area contributed by atoms with E-state index in [1.54, 1.807) is 39.0 Å². The average molecular weight is 502 g/mol. The standard InChI is InChI=1S/C23H33Cl2N3O5/c1-23(2,3)33-22(32)28(4)13-19(29)15(11-14-8-9-16(24)17(25)12-14)20(30)27-18-7-5-6-10-26-21(18)31/h8-9,12,15,18-19,29H,5-7,10-11,13H2,1-4H3,(H,26,31)(H,27,30)/t15?,18-,19-/m1/s1. The zero-order valence-corrected chi connectivity index (χ0v) is 21.0. The van der Waals surface area contributed by atoms with Crippen LogP contribution in [0.5, 0.6) is 0 Å². The molecule has 0 aliphatic carbocycles. The number of halogens is 2. The van der Waals surface area contributed by atoms with Gasteiger partial charge in [0.15, 0.2) is 0 Å². The molecule has 0 aromatic heterocycles. The molecular formula is C23H33Cl2N3O5. The second-order valence-corrected chi connectivity index (χ2v) is 10.1. The van der Waals surface area contributed by atoms with Gasteiger partial charge in [-0.2, -0.15) is 0 Å². The van der Waals surface area contributed by atoms with Crippen molar-refractivity contribution in [3.63, 3.8) is 0 Å². The Kier molecular flexibility index (Phi) is 9.82. The summed E-state index contributed by atoms with van der Waals surface area (Å²) in [5.41, 5.74) is -0.00572. The van der Waals surface area contributed by atoms with E-state index >= 15 is 0 Å². The molecule has 33 heavy (non-hydrogen) atoms. The average Bonchev–Trinajstić information content (AvgIpc) is 2.91. The molecule has 3 atom stereocenters. The molecule has 1 unspecified atom stereocenters. The van der Waals surface area contributed by atoms with Crippen LogP contribution in [0.3, 0.4) is 0 Å². The van der Waals surface area contributed by atoms with E-state index < -0.39 is 35.7 Å². The van der Waals surface area contributed by atoms with E-state index in [4.69, 9.17) is 27.9 Å². The van der Waals surface area contributed by atoms with Gasteiger partial charge in [-0.15, -0.1) is 0 Å². The number of nitrogens with one attached hydrogen (secondary N) is 2. The van der Waals surface area contributed by atoms with E-state index in [9.17, 15) is 19.5 Å². The number of carbonyl (C=O) groups excluding carboxylic acids is 3. The minimum Gasteiger partial charge on any atom is -0.444 e. The molecule has 1 saturated heterocycles. The fourth-order valence-corrected chi connectivity index (χ4v) is 3.82. The van der Waals surface area contributed by atoms with E-state index in [-0.39, 0.29) is 18.9 Å². The Morgan fingerprint density at radius 2 is 1.97 bits per heavy atom. The lowest BCUT2D eigenvalue weighted by atomic mass is 9.92. The summed E-state index contributed by atoms with van der Waals surface area (Å²) in [5.74, 6) is -1.66. The van der Waals surface area contributed by atoms with E-state index in [0.717, 1.165) is 12.8 Å². The van der Waals surface area contributed by atoms with Gasteiger partial charge in [0.05, 0.1) is 28.6 Å². The first-order valence-corrected chi connectivity index (χ1v) is 11.8. The molecule has 3 amide bonds. The third-order valence-electron chi connectivity index (χ3n) is 5.26. The highest BCUT2D eigenvalue weighted by Gasteiger charge is 2.33. The van der Waals surface area contributed by atoms with Gasteiger partial charge in [0, 0.05) is 13.6 Å². The quantitative estimate of drug-likeness (QED) is 0.531. The van der Waals surface area contributed by atoms with Crippen molar-refractivity contribution in [3.05, 3.63) is 33.8 Å². The second-order valence-electron chi connectivity index (χ2n) is 9.34. The molecule has 1 fully saturated rings. The van der Waals surface area contributed by atoms with Crippen molar-refractivity contribution in [1.29, 1.82) is 0 Å². The molecule has 10 heteroatoms. The third kappa shape index (κ3) is 8.68. The lowest BCUT2D eigenvalue weighted by Crippen LogP contribution is -2.51. The zero-order chi connectivity index (χ0) is 24.8. The second kappa shape index (κ2) is 11.9. The van der Waals surface area contributed by atoms with Gasteiger partial charge >= 0.3 is 6.09 Å².